The highest BCUT2D eigenvalue weighted by Crippen LogP contribution is 2.33. The third-order valence-corrected chi connectivity index (χ3v) is 8.43. The number of fused-ring (bicyclic) bond motifs is 2. The van der Waals surface area contributed by atoms with Gasteiger partial charge in [-0.25, -0.2) is 9.78 Å². The van der Waals surface area contributed by atoms with Crippen LogP contribution < -0.4 is 16.0 Å². The molecule has 210 valence electrons. The monoisotopic (exact) mass is 558 g/mol. The van der Waals surface area contributed by atoms with Gasteiger partial charge in [0, 0.05) is 12.5 Å². The summed E-state index contributed by atoms with van der Waals surface area (Å²) in [5, 5.41) is 8.57. The Hall–Kier alpha value is -3.09. The lowest BCUT2D eigenvalue weighted by Crippen LogP contribution is -2.53. The maximum atomic E-state index is 13.6. The number of Topliss-reactive ketones (excluding diaryl/α,β-unsaturated/α-hetero) is 1. The fraction of sp³-hybridized carbons (Fsp3) is 0.593. The zero-order valence-electron chi connectivity index (χ0n) is 22.0. The van der Waals surface area contributed by atoms with E-state index in [1.54, 1.807) is 0 Å². The van der Waals surface area contributed by atoms with Crippen molar-refractivity contribution in [3.8, 4) is 0 Å². The molecule has 4 heterocycles. The molecule has 0 saturated carbocycles. The summed E-state index contributed by atoms with van der Waals surface area (Å²) in [7, 11) is 0. The number of rotatable bonds is 10. The molecule has 3 amide bonds. The van der Waals surface area contributed by atoms with E-state index in [-0.39, 0.29) is 47.9 Å². The molecule has 3 aliphatic rings. The molecule has 0 spiro atoms. The van der Waals surface area contributed by atoms with Crippen LogP contribution in [0.15, 0.2) is 24.3 Å². The average Bonchev–Trinajstić information content (AvgIpc) is 3.68. The average molecular weight is 559 g/mol. The first-order valence-electron chi connectivity index (χ1n) is 13.5. The van der Waals surface area contributed by atoms with Gasteiger partial charge in [-0.15, -0.1) is 11.3 Å². The minimum absolute atomic E-state index is 0.0264. The number of carbonyl (C=O) groups excluding carboxylic acids is 4. The van der Waals surface area contributed by atoms with Crippen LogP contribution in [0.4, 0.5) is 4.79 Å². The molecular weight excluding hydrogens is 524 g/mol. The van der Waals surface area contributed by atoms with E-state index in [4.69, 9.17) is 14.2 Å². The molecule has 2 aromatic rings. The number of thiazole rings is 1. The number of ether oxygens (including phenoxy) is 3. The summed E-state index contributed by atoms with van der Waals surface area (Å²) < 4.78 is 17.5. The summed E-state index contributed by atoms with van der Waals surface area (Å²) in [6, 6.07) is 5.51. The quantitative estimate of drug-likeness (QED) is 0.377. The van der Waals surface area contributed by atoms with Crippen LogP contribution in [-0.2, 0) is 23.8 Å². The fourth-order valence-electron chi connectivity index (χ4n) is 5.35. The first-order valence-corrected chi connectivity index (χ1v) is 14.3. The number of para-hydroxylation sites is 1. The van der Waals surface area contributed by atoms with Crippen molar-refractivity contribution in [2.45, 2.75) is 64.0 Å². The van der Waals surface area contributed by atoms with Crippen LogP contribution in [0, 0.1) is 17.8 Å². The number of hydrogen-bond donors (Lipinski definition) is 3. The van der Waals surface area contributed by atoms with Crippen molar-refractivity contribution in [1.29, 1.82) is 0 Å². The second-order valence-corrected chi connectivity index (χ2v) is 11.8. The Bertz CT molecular complexity index is 1200. The van der Waals surface area contributed by atoms with Crippen molar-refractivity contribution in [3.63, 3.8) is 0 Å². The Morgan fingerprint density at radius 1 is 1.15 bits per heavy atom. The van der Waals surface area contributed by atoms with E-state index in [1.165, 1.54) is 11.3 Å². The number of ketones is 1. The number of aromatic nitrogens is 1. The standard InChI is InChI=1S/C27H34N4O7S/c1-14(2)11-19(31-27(35)38-20-13-37-26-16(20)8-10-36-26)24(34)29-18(12-15-7-9-28-23(15)33)22(32)25-30-17-5-3-4-6-21(17)39-25/h3-6,14-16,18-20,26H,7-13H2,1-2H3,(H,28,33)(H,29,34)(H,31,35)/t15-,16-,18-,19-,20-,26+/m0/s1. The van der Waals surface area contributed by atoms with E-state index in [2.05, 4.69) is 20.9 Å². The zero-order chi connectivity index (χ0) is 27.5. The van der Waals surface area contributed by atoms with E-state index in [1.807, 2.05) is 38.1 Å². The van der Waals surface area contributed by atoms with Crippen molar-refractivity contribution >= 4 is 45.2 Å². The van der Waals surface area contributed by atoms with Gasteiger partial charge in [0.05, 0.1) is 35.4 Å². The number of benzene rings is 1. The predicted octanol–water partition coefficient (Wildman–Crippen LogP) is 2.39. The third kappa shape index (κ3) is 6.39. The lowest BCUT2D eigenvalue weighted by molar-refractivity contribution is -0.125. The Balaban J connectivity index is 1.29. The third-order valence-electron chi connectivity index (χ3n) is 7.38. The molecule has 1 aromatic heterocycles. The van der Waals surface area contributed by atoms with Gasteiger partial charge in [-0.3, -0.25) is 14.4 Å². The van der Waals surface area contributed by atoms with Gasteiger partial charge in [0.1, 0.15) is 12.1 Å². The molecule has 0 bridgehead atoms. The molecule has 3 aliphatic heterocycles. The summed E-state index contributed by atoms with van der Waals surface area (Å²) in [5.74, 6) is -1.36. The van der Waals surface area contributed by atoms with E-state index >= 15 is 0 Å². The summed E-state index contributed by atoms with van der Waals surface area (Å²) >= 11 is 1.25. The normalized spacial score (nSPS) is 25.8. The molecule has 12 heteroatoms. The Morgan fingerprint density at radius 3 is 2.72 bits per heavy atom. The highest BCUT2D eigenvalue weighted by Gasteiger charge is 2.44. The molecule has 39 heavy (non-hydrogen) atoms. The van der Waals surface area contributed by atoms with E-state index in [0.29, 0.717) is 31.5 Å². The van der Waals surface area contributed by atoms with Crippen molar-refractivity contribution < 1.29 is 33.4 Å². The van der Waals surface area contributed by atoms with Crippen LogP contribution in [-0.4, -0.2) is 72.9 Å². The van der Waals surface area contributed by atoms with Crippen LogP contribution in [0.2, 0.25) is 0 Å². The number of alkyl carbamates (subject to hydrolysis) is 1. The van der Waals surface area contributed by atoms with Gasteiger partial charge < -0.3 is 30.2 Å². The number of hydrogen-bond acceptors (Lipinski definition) is 9. The molecular formula is C27H34N4O7S. The van der Waals surface area contributed by atoms with E-state index in [9.17, 15) is 19.2 Å². The second-order valence-electron chi connectivity index (χ2n) is 10.7. The molecule has 0 unspecified atom stereocenters. The number of amides is 3. The molecule has 0 radical (unpaired) electrons. The van der Waals surface area contributed by atoms with Gasteiger partial charge in [-0.1, -0.05) is 26.0 Å². The van der Waals surface area contributed by atoms with Crippen LogP contribution in [0.3, 0.4) is 0 Å². The van der Waals surface area contributed by atoms with Crippen LogP contribution in [0.25, 0.3) is 10.2 Å². The summed E-state index contributed by atoms with van der Waals surface area (Å²) in [5.41, 5.74) is 0.697. The smallest absolute Gasteiger partial charge is 0.408 e. The maximum absolute atomic E-state index is 13.6. The Kier molecular flexibility index (Phi) is 8.43. The molecule has 0 aliphatic carbocycles. The SMILES string of the molecule is CC(C)C[C@H](NC(=O)O[C@H]1CO[C@H]2OCC[C@H]21)C(=O)N[C@@H](C[C@@H]1CCNC1=O)C(=O)c1nc2ccccc2s1. The highest BCUT2D eigenvalue weighted by molar-refractivity contribution is 7.20. The minimum atomic E-state index is -0.973. The van der Waals surface area contributed by atoms with Crippen molar-refractivity contribution in [1.82, 2.24) is 20.9 Å². The topological polar surface area (TPSA) is 145 Å². The molecule has 3 fully saturated rings. The highest BCUT2D eigenvalue weighted by atomic mass is 32.1. The Morgan fingerprint density at radius 2 is 1.97 bits per heavy atom. The largest absolute Gasteiger partial charge is 0.443 e. The summed E-state index contributed by atoms with van der Waals surface area (Å²) in [4.78, 5) is 56.7. The van der Waals surface area contributed by atoms with E-state index in [0.717, 1.165) is 11.1 Å². The Labute approximate surface area is 230 Å². The van der Waals surface area contributed by atoms with Gasteiger partial charge in [0.15, 0.2) is 11.3 Å². The van der Waals surface area contributed by atoms with Crippen molar-refractivity contribution in [2.24, 2.45) is 17.8 Å². The number of carbonyl (C=O) groups is 4. The first kappa shape index (κ1) is 27.5. The zero-order valence-corrected chi connectivity index (χ0v) is 22.8. The molecule has 3 saturated heterocycles. The molecule has 5 rings (SSSR count). The lowest BCUT2D eigenvalue weighted by atomic mass is 9.95. The van der Waals surface area contributed by atoms with Crippen molar-refractivity contribution in [3.05, 3.63) is 29.3 Å². The predicted molar refractivity (Wildman–Crippen MR) is 142 cm³/mol. The van der Waals surface area contributed by atoms with Crippen molar-refractivity contribution in [2.75, 3.05) is 19.8 Å². The van der Waals surface area contributed by atoms with Crippen LogP contribution in [0.1, 0.15) is 49.3 Å². The number of nitrogens with one attached hydrogen (secondary N) is 3. The first-order chi connectivity index (χ1) is 18.8. The van der Waals surface area contributed by atoms with E-state index < -0.39 is 36.1 Å². The fourth-order valence-corrected chi connectivity index (χ4v) is 6.31. The lowest BCUT2D eigenvalue weighted by Gasteiger charge is -2.25. The van der Waals surface area contributed by atoms with Crippen LogP contribution >= 0.6 is 11.3 Å². The van der Waals surface area contributed by atoms with Gasteiger partial charge in [-0.05, 0) is 43.7 Å². The molecule has 1 aromatic carbocycles. The van der Waals surface area contributed by atoms with Gasteiger partial charge in [0.25, 0.3) is 0 Å². The minimum Gasteiger partial charge on any atom is -0.443 e. The molecule has 3 N–H and O–H groups in total. The molecule has 6 atom stereocenters. The number of nitrogens with zero attached hydrogens (tertiary/aromatic N) is 1. The second kappa shape index (κ2) is 12.0. The maximum Gasteiger partial charge on any atom is 0.408 e. The van der Waals surface area contributed by atoms with Gasteiger partial charge >= 0.3 is 6.09 Å². The van der Waals surface area contributed by atoms with Gasteiger partial charge in [0.2, 0.25) is 17.6 Å². The van der Waals surface area contributed by atoms with Gasteiger partial charge in [-0.2, -0.15) is 0 Å². The summed E-state index contributed by atoms with van der Waals surface area (Å²) in [6.45, 7) is 5.20. The molecule has 11 nitrogen and oxygen atoms in total. The summed E-state index contributed by atoms with van der Waals surface area (Å²) in [6.07, 6.45) is 0.267. The van der Waals surface area contributed by atoms with Crippen LogP contribution in [0.5, 0.6) is 0 Å².